The third-order valence-electron chi connectivity index (χ3n) is 3.92. The summed E-state index contributed by atoms with van der Waals surface area (Å²) in [4.78, 5) is 0. The lowest BCUT2D eigenvalue weighted by molar-refractivity contribution is 0.270. The van der Waals surface area contributed by atoms with Gasteiger partial charge in [-0.3, -0.25) is 0 Å². The van der Waals surface area contributed by atoms with Crippen molar-refractivity contribution in [2.45, 2.75) is 81.1 Å². The van der Waals surface area contributed by atoms with E-state index in [0.29, 0.717) is 5.41 Å². The Balaban J connectivity index is -0.000000293. The van der Waals surface area contributed by atoms with Gasteiger partial charge in [-0.25, -0.2) is 0 Å². The first kappa shape index (κ1) is 28.3. The molecule has 0 aromatic carbocycles. The van der Waals surface area contributed by atoms with Crippen molar-refractivity contribution in [2.75, 3.05) is 0 Å². The number of hydrogen-bond donors (Lipinski definition) is 0. The smallest absolute Gasteiger partial charge is 0.0331 e. The predicted octanol–water partition coefficient (Wildman–Crippen LogP) is 9.00. The molecule has 0 heteroatoms. The van der Waals surface area contributed by atoms with E-state index in [1.165, 1.54) is 31.3 Å². The van der Waals surface area contributed by atoms with Gasteiger partial charge in [-0.1, -0.05) is 120 Å². The Labute approximate surface area is 159 Å². The van der Waals surface area contributed by atoms with Crippen LogP contribution in [0.5, 0.6) is 0 Å². The molecule has 0 rings (SSSR count). The Kier molecular flexibility index (Phi) is 23.1. The summed E-state index contributed by atoms with van der Waals surface area (Å²) in [5, 5.41) is 0. The van der Waals surface area contributed by atoms with Crippen molar-refractivity contribution in [3.63, 3.8) is 0 Å². The molecule has 0 radical (unpaired) electrons. The summed E-state index contributed by atoms with van der Waals surface area (Å²) in [5.41, 5.74) is 3.02. The molecule has 0 aliphatic heterocycles. The monoisotopic (exact) mass is 344 g/mol. The van der Waals surface area contributed by atoms with E-state index in [9.17, 15) is 0 Å². The maximum absolute atomic E-state index is 3.66. The van der Waals surface area contributed by atoms with E-state index in [1.54, 1.807) is 6.08 Å². The Morgan fingerprint density at radius 2 is 1.48 bits per heavy atom. The molecule has 0 heterocycles. The zero-order valence-corrected chi connectivity index (χ0v) is 18.4. The van der Waals surface area contributed by atoms with E-state index in [1.807, 2.05) is 50.3 Å². The molecule has 0 aromatic rings. The van der Waals surface area contributed by atoms with Crippen LogP contribution in [0.4, 0.5) is 0 Å². The molecule has 0 saturated heterocycles. The lowest BCUT2D eigenvalue weighted by atomic mass is 9.81. The Morgan fingerprint density at radius 1 is 0.920 bits per heavy atom. The first-order chi connectivity index (χ1) is 11.7. The van der Waals surface area contributed by atoms with Crippen LogP contribution >= 0.6 is 0 Å². The Morgan fingerprint density at radius 3 is 1.72 bits per heavy atom. The zero-order valence-electron chi connectivity index (χ0n) is 18.4. The summed E-state index contributed by atoms with van der Waals surface area (Å²) in [6.45, 7) is 24.5. The third-order valence-corrected chi connectivity index (χ3v) is 3.92. The third kappa shape index (κ3) is 27.6. The van der Waals surface area contributed by atoms with Crippen LogP contribution < -0.4 is 0 Å². The van der Waals surface area contributed by atoms with Crippen LogP contribution in [0.15, 0.2) is 72.9 Å². The molecule has 0 nitrogen and oxygen atoms in total. The maximum Gasteiger partial charge on any atom is -0.0331 e. The number of allylic oxidation sites excluding steroid dienone is 10. The second-order valence-corrected chi connectivity index (χ2v) is 6.86. The van der Waals surface area contributed by atoms with Crippen molar-refractivity contribution < 1.29 is 0 Å². The van der Waals surface area contributed by atoms with Crippen molar-refractivity contribution in [3.05, 3.63) is 72.9 Å². The van der Waals surface area contributed by atoms with Crippen molar-refractivity contribution in [1.29, 1.82) is 0 Å². The van der Waals surface area contributed by atoms with Crippen molar-refractivity contribution in [2.24, 2.45) is 5.41 Å². The van der Waals surface area contributed by atoms with Crippen molar-refractivity contribution in [3.8, 4) is 0 Å². The van der Waals surface area contributed by atoms with E-state index in [4.69, 9.17) is 0 Å². The maximum atomic E-state index is 3.66. The van der Waals surface area contributed by atoms with Crippen LogP contribution in [0, 0.1) is 5.41 Å². The summed E-state index contributed by atoms with van der Waals surface area (Å²) in [7, 11) is 0. The van der Waals surface area contributed by atoms with Gasteiger partial charge in [0.05, 0.1) is 0 Å². The Bertz CT molecular complexity index is 419. The zero-order chi connectivity index (χ0) is 20.1. The fourth-order valence-electron chi connectivity index (χ4n) is 1.86. The molecule has 0 amide bonds. The van der Waals surface area contributed by atoms with Gasteiger partial charge in [-0.15, -0.1) is 0 Å². The van der Waals surface area contributed by atoms with Gasteiger partial charge in [0, 0.05) is 0 Å². The van der Waals surface area contributed by atoms with Crippen LogP contribution in [0.3, 0.4) is 0 Å². The molecular weight excluding hydrogens is 300 g/mol. The summed E-state index contributed by atoms with van der Waals surface area (Å²) in [6.07, 6.45) is 21.0. The molecule has 0 unspecified atom stereocenters. The molecule has 0 spiro atoms. The molecular formula is C25H44. The molecule has 0 aromatic heterocycles. The quantitative estimate of drug-likeness (QED) is 0.385. The average Bonchev–Trinajstić information content (AvgIpc) is 2.58. The van der Waals surface area contributed by atoms with Crippen LogP contribution in [0.1, 0.15) is 81.1 Å². The highest BCUT2D eigenvalue weighted by atomic mass is 14.2. The summed E-state index contributed by atoms with van der Waals surface area (Å²) in [5.74, 6) is 0. The lowest BCUT2D eigenvalue weighted by Gasteiger charge is -2.25. The normalized spacial score (nSPS) is 10.9. The average molecular weight is 345 g/mol. The van der Waals surface area contributed by atoms with Crippen LogP contribution in [-0.4, -0.2) is 0 Å². The van der Waals surface area contributed by atoms with Gasteiger partial charge in [0.25, 0.3) is 0 Å². The van der Waals surface area contributed by atoms with Crippen LogP contribution in [-0.2, 0) is 0 Å². The topological polar surface area (TPSA) is 0 Å². The number of hydrogen-bond acceptors (Lipinski definition) is 0. The highest BCUT2D eigenvalue weighted by molar-refractivity contribution is 5.15. The number of rotatable bonds is 8. The fraction of sp³-hybridized carbons (Fsp3) is 0.520. The van der Waals surface area contributed by atoms with Gasteiger partial charge in [0.15, 0.2) is 0 Å². The molecule has 25 heavy (non-hydrogen) atoms. The van der Waals surface area contributed by atoms with Gasteiger partial charge < -0.3 is 0 Å². The molecule has 0 aliphatic carbocycles. The molecule has 0 bridgehead atoms. The standard InChI is InChI=1S/C9H20.C9H14.C7H10/c1-5-8-9(4,6-2)7-3;1-4-5-6-7-8-9(2)3;1-4-5-6-7(2)3/h5-8H2,1-4H3;4-8H,1-3H3;4-6H,1-2H2,3H3/b;5-4+,7-6+;6-5-. The van der Waals surface area contributed by atoms with Gasteiger partial charge in [-0.2, -0.15) is 0 Å². The van der Waals surface area contributed by atoms with Gasteiger partial charge >= 0.3 is 0 Å². The lowest BCUT2D eigenvalue weighted by Crippen LogP contribution is -2.12. The second kappa shape index (κ2) is 20.5. The molecule has 0 fully saturated rings. The minimum atomic E-state index is 0.634. The van der Waals surface area contributed by atoms with Gasteiger partial charge in [0.1, 0.15) is 0 Å². The Hall–Kier alpha value is -1.56. The summed E-state index contributed by atoms with van der Waals surface area (Å²) in [6, 6.07) is 0. The highest BCUT2D eigenvalue weighted by Crippen LogP contribution is 2.30. The second-order valence-electron chi connectivity index (χ2n) is 6.86. The minimum Gasteiger partial charge on any atom is -0.0991 e. The molecule has 0 atom stereocenters. The highest BCUT2D eigenvalue weighted by Gasteiger charge is 2.16. The van der Waals surface area contributed by atoms with E-state index in [2.05, 4.69) is 60.8 Å². The summed E-state index contributed by atoms with van der Waals surface area (Å²) < 4.78 is 0. The SMILES string of the molecule is C/C=C/C=C/C=C(C)C.C=C/C=C\C(=C)C.CCCC(C)(CC)CC. The molecule has 144 valence electrons. The van der Waals surface area contributed by atoms with E-state index < -0.39 is 0 Å². The largest absolute Gasteiger partial charge is 0.0991 e. The van der Waals surface area contributed by atoms with Gasteiger partial charge in [-0.05, 0) is 39.5 Å². The van der Waals surface area contributed by atoms with E-state index >= 15 is 0 Å². The summed E-state index contributed by atoms with van der Waals surface area (Å²) >= 11 is 0. The fourth-order valence-corrected chi connectivity index (χ4v) is 1.86. The van der Waals surface area contributed by atoms with Crippen molar-refractivity contribution in [1.82, 2.24) is 0 Å². The predicted molar refractivity (Wildman–Crippen MR) is 121 cm³/mol. The molecule has 0 saturated carbocycles. The molecule has 0 aliphatic rings. The van der Waals surface area contributed by atoms with Crippen molar-refractivity contribution >= 4 is 0 Å². The molecule has 0 N–H and O–H groups in total. The van der Waals surface area contributed by atoms with E-state index in [-0.39, 0.29) is 0 Å². The van der Waals surface area contributed by atoms with Gasteiger partial charge in [0.2, 0.25) is 0 Å². The first-order valence-corrected chi connectivity index (χ1v) is 9.60. The van der Waals surface area contributed by atoms with Crippen LogP contribution in [0.25, 0.3) is 0 Å². The first-order valence-electron chi connectivity index (χ1n) is 9.60. The minimum absolute atomic E-state index is 0.634. The van der Waals surface area contributed by atoms with Crippen LogP contribution in [0.2, 0.25) is 0 Å². The van der Waals surface area contributed by atoms with E-state index in [0.717, 1.165) is 5.57 Å².